The fraction of sp³-hybridized carbons (Fsp3) is 0.615. The van der Waals surface area contributed by atoms with Crippen molar-refractivity contribution >= 4 is 23.0 Å². The van der Waals surface area contributed by atoms with Gasteiger partial charge in [-0.1, -0.05) is 37.1 Å². The number of amides is 2. The Labute approximate surface area is 284 Å². The molecule has 48 heavy (non-hydrogen) atoms. The van der Waals surface area contributed by atoms with Crippen LogP contribution in [0.1, 0.15) is 109 Å². The zero-order valence-corrected chi connectivity index (χ0v) is 29.1. The quantitative estimate of drug-likeness (QED) is 0.286. The van der Waals surface area contributed by atoms with Gasteiger partial charge in [0.2, 0.25) is 5.91 Å². The molecule has 4 fully saturated rings. The fourth-order valence-electron chi connectivity index (χ4n) is 9.60. The first-order valence-electron chi connectivity index (χ1n) is 18.2. The zero-order chi connectivity index (χ0) is 33.7. The molecule has 9 heteroatoms. The number of carbonyl (C=O) groups excluding carboxylic acids is 2. The lowest BCUT2D eigenvalue weighted by Gasteiger charge is -2.47. The molecule has 258 valence electrons. The maximum atomic E-state index is 14.7. The van der Waals surface area contributed by atoms with Gasteiger partial charge in [-0.15, -0.1) is 0 Å². The molecule has 2 bridgehead atoms. The number of benzene rings is 2. The average Bonchev–Trinajstić information content (AvgIpc) is 3.72. The van der Waals surface area contributed by atoms with Crippen LogP contribution in [0.3, 0.4) is 0 Å². The van der Waals surface area contributed by atoms with E-state index in [2.05, 4.69) is 52.0 Å². The smallest absolute Gasteiger partial charge is 0.408 e. The van der Waals surface area contributed by atoms with Gasteiger partial charge in [0, 0.05) is 31.2 Å². The number of ether oxygens (including phenoxy) is 1. The molecule has 7 rings (SSSR count). The first-order chi connectivity index (χ1) is 23.0. The molecular weight excluding hydrogens is 605 g/mol. The lowest BCUT2D eigenvalue weighted by molar-refractivity contribution is -0.140. The molecule has 3 aliphatic heterocycles. The molecule has 1 aliphatic carbocycles. The van der Waals surface area contributed by atoms with Gasteiger partial charge in [0.25, 0.3) is 0 Å². The minimum Gasteiger partial charge on any atom is -0.444 e. The molecule has 4 aliphatic rings. The summed E-state index contributed by atoms with van der Waals surface area (Å²) in [6, 6.07) is 17.1. The highest BCUT2D eigenvalue weighted by atomic mass is 19.1. The van der Waals surface area contributed by atoms with Gasteiger partial charge in [-0.2, -0.15) is 0 Å². The molecule has 1 saturated carbocycles. The van der Waals surface area contributed by atoms with Gasteiger partial charge in [-0.05, 0) is 127 Å². The maximum absolute atomic E-state index is 14.7. The van der Waals surface area contributed by atoms with Crippen molar-refractivity contribution in [3.05, 3.63) is 65.7 Å². The number of fused-ring (bicyclic) bond motifs is 3. The summed E-state index contributed by atoms with van der Waals surface area (Å²) in [6.07, 6.45) is 9.70. The number of aromatic nitrogens is 2. The number of imidazole rings is 1. The number of rotatable bonds is 7. The lowest BCUT2D eigenvalue weighted by atomic mass is 9.70. The van der Waals surface area contributed by atoms with Crippen LogP contribution in [0.15, 0.2) is 48.5 Å². The topological polar surface area (TPSA) is 79.7 Å². The molecule has 0 spiro atoms. The molecule has 4 heterocycles. The number of halogens is 1. The minimum absolute atomic E-state index is 0.00105. The summed E-state index contributed by atoms with van der Waals surface area (Å²) in [6.45, 7) is 9.80. The van der Waals surface area contributed by atoms with Crippen LogP contribution in [-0.4, -0.2) is 74.2 Å². The molecule has 0 unspecified atom stereocenters. The summed E-state index contributed by atoms with van der Waals surface area (Å²) in [5.74, 6) is 0.892. The summed E-state index contributed by atoms with van der Waals surface area (Å²) < 4.78 is 22.7. The molecule has 3 aromatic rings. The van der Waals surface area contributed by atoms with Gasteiger partial charge in [-0.25, -0.2) is 14.2 Å². The van der Waals surface area contributed by atoms with Crippen LogP contribution in [0, 0.1) is 12.7 Å². The predicted molar refractivity (Wildman–Crippen MR) is 185 cm³/mol. The van der Waals surface area contributed by atoms with Crippen LogP contribution >= 0.6 is 0 Å². The number of para-hydroxylation sites is 2. The highest BCUT2D eigenvalue weighted by Gasteiger charge is 2.49. The van der Waals surface area contributed by atoms with E-state index in [9.17, 15) is 14.0 Å². The molecule has 3 atom stereocenters. The van der Waals surface area contributed by atoms with E-state index in [-0.39, 0.29) is 17.1 Å². The molecule has 2 amide bonds. The van der Waals surface area contributed by atoms with E-state index in [4.69, 9.17) is 9.72 Å². The van der Waals surface area contributed by atoms with Crippen molar-refractivity contribution in [3.8, 4) is 0 Å². The normalized spacial score (nSPS) is 25.4. The molecule has 0 radical (unpaired) electrons. The third kappa shape index (κ3) is 6.35. The van der Waals surface area contributed by atoms with Crippen LogP contribution < -0.4 is 5.32 Å². The summed E-state index contributed by atoms with van der Waals surface area (Å²) in [7, 11) is 0. The number of nitrogens with zero attached hydrogens (tertiary/aromatic N) is 4. The largest absolute Gasteiger partial charge is 0.444 e. The van der Waals surface area contributed by atoms with Crippen LogP contribution in [0.4, 0.5) is 9.18 Å². The summed E-state index contributed by atoms with van der Waals surface area (Å²) in [4.78, 5) is 36.5. The molecule has 3 saturated heterocycles. The van der Waals surface area contributed by atoms with Gasteiger partial charge < -0.3 is 19.5 Å². The van der Waals surface area contributed by atoms with Gasteiger partial charge in [0.05, 0.1) is 11.0 Å². The van der Waals surface area contributed by atoms with E-state index >= 15 is 0 Å². The van der Waals surface area contributed by atoms with E-state index in [1.807, 2.05) is 31.7 Å². The molecule has 1 N–H and O–H groups in total. The third-order valence-electron chi connectivity index (χ3n) is 11.9. The molecule has 8 nitrogen and oxygen atoms in total. The number of hydrogen-bond acceptors (Lipinski definition) is 5. The highest BCUT2D eigenvalue weighted by Crippen LogP contribution is 2.45. The Morgan fingerprint density at radius 1 is 0.958 bits per heavy atom. The van der Waals surface area contributed by atoms with Gasteiger partial charge in [0.15, 0.2) is 0 Å². The number of hydrogen-bond donors (Lipinski definition) is 1. The number of piperidine rings is 2. The first kappa shape index (κ1) is 33.1. The Morgan fingerprint density at radius 2 is 1.65 bits per heavy atom. The van der Waals surface area contributed by atoms with Crippen LogP contribution in [0.5, 0.6) is 0 Å². The van der Waals surface area contributed by atoms with E-state index in [0.717, 1.165) is 68.4 Å². The minimum atomic E-state index is -0.913. The van der Waals surface area contributed by atoms with Crippen molar-refractivity contribution in [2.45, 2.75) is 133 Å². The monoisotopic (exact) mass is 657 g/mol. The van der Waals surface area contributed by atoms with Crippen molar-refractivity contribution < 1.29 is 18.7 Å². The van der Waals surface area contributed by atoms with Crippen molar-refractivity contribution in [1.29, 1.82) is 0 Å². The van der Waals surface area contributed by atoms with Crippen molar-refractivity contribution in [3.63, 3.8) is 0 Å². The van der Waals surface area contributed by atoms with Crippen LogP contribution in [0.2, 0.25) is 0 Å². The Balaban J connectivity index is 1.05. The Kier molecular flexibility index (Phi) is 8.80. The second-order valence-corrected chi connectivity index (χ2v) is 16.0. The van der Waals surface area contributed by atoms with Gasteiger partial charge >= 0.3 is 6.09 Å². The van der Waals surface area contributed by atoms with Gasteiger partial charge in [-0.3, -0.25) is 9.69 Å². The highest BCUT2D eigenvalue weighted by molar-refractivity contribution is 5.90. The summed E-state index contributed by atoms with van der Waals surface area (Å²) in [5, 5.41) is 3.00. The molecule has 2 aromatic carbocycles. The zero-order valence-electron chi connectivity index (χ0n) is 29.1. The third-order valence-corrected chi connectivity index (χ3v) is 11.9. The molecule has 1 aromatic heterocycles. The van der Waals surface area contributed by atoms with Crippen molar-refractivity contribution in [2.75, 3.05) is 19.6 Å². The summed E-state index contributed by atoms with van der Waals surface area (Å²) >= 11 is 0. The van der Waals surface area contributed by atoms with E-state index in [1.54, 1.807) is 6.07 Å². The first-order valence-corrected chi connectivity index (χ1v) is 18.2. The van der Waals surface area contributed by atoms with E-state index < -0.39 is 17.2 Å². The second-order valence-electron chi connectivity index (χ2n) is 16.0. The number of aryl methyl sites for hydroxylation is 1. The number of alkyl carbamates (subject to hydrolysis) is 1. The standard InChI is InChI=1S/C39H52FN5O3/c1-27-41-33-12-5-6-13-34(33)45(27)32-25-30-14-15-31(26-32)44(30)23-20-38(28-10-9-11-29(40)24-28)18-21-43(22-19-38)35(46)39(16-7-8-17-39)42-36(47)48-37(2,3)4/h5-6,9-13,24,30-32H,7-8,14-23,25-26H2,1-4H3,(H,42,47)/t30-,31+,32+. The fourth-order valence-corrected chi connectivity index (χ4v) is 9.60. The Hall–Kier alpha value is -3.46. The Bertz CT molecular complexity index is 1630. The average molecular weight is 658 g/mol. The second kappa shape index (κ2) is 12.8. The maximum Gasteiger partial charge on any atom is 0.408 e. The lowest BCUT2D eigenvalue weighted by Crippen LogP contribution is -2.60. The van der Waals surface area contributed by atoms with E-state index in [0.29, 0.717) is 44.1 Å². The van der Waals surface area contributed by atoms with Crippen LogP contribution in [-0.2, 0) is 14.9 Å². The number of nitrogens with one attached hydrogen (secondary N) is 1. The van der Waals surface area contributed by atoms with Crippen molar-refractivity contribution in [2.24, 2.45) is 0 Å². The van der Waals surface area contributed by atoms with E-state index in [1.165, 1.54) is 24.4 Å². The SMILES string of the molecule is Cc1nc2ccccc2n1[C@H]1C[C@H]2CC[C@@H](C1)N2CCC1(c2cccc(F)c2)CCN(C(=O)C2(NC(=O)OC(C)(C)C)CCCC2)CC1. The van der Waals surface area contributed by atoms with Crippen molar-refractivity contribution in [1.82, 2.24) is 24.7 Å². The van der Waals surface area contributed by atoms with Gasteiger partial charge in [0.1, 0.15) is 22.8 Å². The number of carbonyl (C=O) groups is 2. The van der Waals surface area contributed by atoms with Crippen LogP contribution in [0.25, 0.3) is 11.0 Å². The Morgan fingerprint density at radius 3 is 2.31 bits per heavy atom. The predicted octanol–water partition coefficient (Wildman–Crippen LogP) is 7.44. The molecular formula is C39H52FN5O3. The number of likely N-dealkylation sites (tertiary alicyclic amines) is 1. The summed E-state index contributed by atoms with van der Waals surface area (Å²) in [5.41, 5.74) is 1.59.